The predicted octanol–water partition coefficient (Wildman–Crippen LogP) is 1.14. The molecule has 2 aliphatic rings. The van der Waals surface area contributed by atoms with Crippen LogP contribution in [0.4, 0.5) is 0 Å². The minimum atomic E-state index is -0.552. The summed E-state index contributed by atoms with van der Waals surface area (Å²) in [4.78, 5) is 11.7. The molecule has 0 radical (unpaired) electrons. The topological polar surface area (TPSA) is 58.6 Å². The third kappa shape index (κ3) is 1.16. The van der Waals surface area contributed by atoms with E-state index in [1.165, 1.54) is 6.07 Å². The van der Waals surface area contributed by atoms with Gasteiger partial charge in [0.25, 0.3) is 0 Å². The molecule has 1 aromatic carbocycles. The van der Waals surface area contributed by atoms with Gasteiger partial charge in [-0.3, -0.25) is 0 Å². The maximum atomic E-state index is 11.7. The van der Waals surface area contributed by atoms with Gasteiger partial charge in [0.05, 0.1) is 0 Å². The zero-order valence-corrected chi connectivity index (χ0v) is 8.82. The molecule has 1 saturated heterocycles. The number of phenols is 1. The summed E-state index contributed by atoms with van der Waals surface area (Å²) in [5, 5.41) is 12.9. The van der Waals surface area contributed by atoms with Crippen LogP contribution in [0.25, 0.3) is 0 Å². The lowest BCUT2D eigenvalue weighted by Crippen LogP contribution is -2.43. The van der Waals surface area contributed by atoms with E-state index < -0.39 is 11.6 Å². The molecule has 2 heterocycles. The molecule has 2 aliphatic heterocycles. The Balaban J connectivity index is 2.14. The van der Waals surface area contributed by atoms with Crippen molar-refractivity contribution in [3.63, 3.8) is 0 Å². The van der Waals surface area contributed by atoms with E-state index in [4.69, 9.17) is 4.74 Å². The van der Waals surface area contributed by atoms with E-state index in [0.717, 1.165) is 24.9 Å². The first-order valence-corrected chi connectivity index (χ1v) is 5.49. The minimum absolute atomic E-state index is 0.0185. The SMILES string of the molecule is O=C1OC2(CCCNC2)c2cccc(O)c21. The first-order chi connectivity index (χ1) is 7.73. The standard InChI is InChI=1S/C12H13NO3/c14-9-4-1-3-8-10(9)11(15)16-12(8)5-2-6-13-7-12/h1,3-4,13-14H,2,5-7H2. The van der Waals surface area contributed by atoms with Crippen LogP contribution >= 0.6 is 0 Å². The van der Waals surface area contributed by atoms with Gasteiger partial charge in [-0.25, -0.2) is 4.79 Å². The highest BCUT2D eigenvalue weighted by molar-refractivity contribution is 5.97. The van der Waals surface area contributed by atoms with Crippen molar-refractivity contribution in [2.75, 3.05) is 13.1 Å². The highest BCUT2D eigenvalue weighted by atomic mass is 16.6. The number of carbonyl (C=O) groups is 1. The van der Waals surface area contributed by atoms with Crippen molar-refractivity contribution in [3.05, 3.63) is 29.3 Å². The monoisotopic (exact) mass is 219 g/mol. The molecule has 4 heteroatoms. The van der Waals surface area contributed by atoms with Crippen molar-refractivity contribution in [3.8, 4) is 5.75 Å². The molecule has 1 unspecified atom stereocenters. The number of hydrogen-bond acceptors (Lipinski definition) is 4. The van der Waals surface area contributed by atoms with Crippen LogP contribution in [-0.2, 0) is 10.3 Å². The number of benzene rings is 1. The third-order valence-corrected chi connectivity index (χ3v) is 3.37. The van der Waals surface area contributed by atoms with Crippen molar-refractivity contribution in [2.45, 2.75) is 18.4 Å². The summed E-state index contributed by atoms with van der Waals surface area (Å²) in [5.41, 5.74) is 0.611. The summed E-state index contributed by atoms with van der Waals surface area (Å²) in [6.45, 7) is 1.59. The molecule has 1 fully saturated rings. The number of aromatic hydroxyl groups is 1. The Hall–Kier alpha value is -1.55. The zero-order chi connectivity index (χ0) is 11.2. The maximum Gasteiger partial charge on any atom is 0.343 e. The van der Waals surface area contributed by atoms with Gasteiger partial charge in [-0.05, 0) is 25.5 Å². The Labute approximate surface area is 93.2 Å². The highest BCUT2D eigenvalue weighted by Gasteiger charge is 2.47. The van der Waals surface area contributed by atoms with Crippen LogP contribution in [0.15, 0.2) is 18.2 Å². The summed E-state index contributed by atoms with van der Waals surface area (Å²) >= 11 is 0. The first kappa shape index (κ1) is 9.66. The van der Waals surface area contributed by atoms with Crippen LogP contribution in [0.1, 0.15) is 28.8 Å². The number of nitrogens with one attached hydrogen (secondary N) is 1. The quantitative estimate of drug-likeness (QED) is 0.642. The molecule has 0 bridgehead atoms. The maximum absolute atomic E-state index is 11.7. The molecule has 0 aliphatic carbocycles. The van der Waals surface area contributed by atoms with Crippen molar-refractivity contribution in [1.29, 1.82) is 0 Å². The Morgan fingerprint density at radius 2 is 2.31 bits per heavy atom. The fraction of sp³-hybridized carbons (Fsp3) is 0.417. The van der Waals surface area contributed by atoms with Gasteiger partial charge in [-0.2, -0.15) is 0 Å². The normalized spacial score (nSPS) is 27.9. The smallest absolute Gasteiger partial charge is 0.343 e. The number of fused-ring (bicyclic) bond motifs is 2. The molecule has 84 valence electrons. The van der Waals surface area contributed by atoms with E-state index in [1.807, 2.05) is 6.07 Å². The number of phenolic OH excluding ortho intramolecular Hbond substituents is 1. The van der Waals surface area contributed by atoms with E-state index in [-0.39, 0.29) is 5.75 Å². The van der Waals surface area contributed by atoms with Gasteiger partial charge >= 0.3 is 5.97 Å². The van der Waals surface area contributed by atoms with E-state index in [1.54, 1.807) is 6.07 Å². The van der Waals surface area contributed by atoms with Gasteiger partial charge in [-0.1, -0.05) is 12.1 Å². The second kappa shape index (κ2) is 3.22. The summed E-state index contributed by atoms with van der Waals surface area (Å²) in [5.74, 6) is -0.387. The Bertz CT molecular complexity index is 450. The fourth-order valence-electron chi connectivity index (χ4n) is 2.61. The van der Waals surface area contributed by atoms with Crippen molar-refractivity contribution < 1.29 is 14.6 Å². The van der Waals surface area contributed by atoms with Crippen molar-refractivity contribution >= 4 is 5.97 Å². The van der Waals surface area contributed by atoms with E-state index in [2.05, 4.69) is 5.32 Å². The van der Waals surface area contributed by atoms with Crippen LogP contribution in [0.3, 0.4) is 0 Å². The molecule has 3 rings (SSSR count). The summed E-state index contributed by atoms with van der Waals surface area (Å²) in [6, 6.07) is 5.15. The van der Waals surface area contributed by atoms with E-state index in [9.17, 15) is 9.90 Å². The highest BCUT2D eigenvalue weighted by Crippen LogP contribution is 2.43. The second-order valence-electron chi connectivity index (χ2n) is 4.36. The average molecular weight is 219 g/mol. The molecular weight excluding hydrogens is 206 g/mol. The van der Waals surface area contributed by atoms with Crippen molar-refractivity contribution in [1.82, 2.24) is 5.32 Å². The van der Waals surface area contributed by atoms with E-state index >= 15 is 0 Å². The zero-order valence-electron chi connectivity index (χ0n) is 8.82. The first-order valence-electron chi connectivity index (χ1n) is 5.49. The summed E-state index contributed by atoms with van der Waals surface area (Å²) in [7, 11) is 0. The van der Waals surface area contributed by atoms with Gasteiger partial charge in [0.15, 0.2) is 5.60 Å². The predicted molar refractivity (Wildman–Crippen MR) is 57.3 cm³/mol. The Kier molecular flexibility index (Phi) is 1.94. The van der Waals surface area contributed by atoms with Crippen molar-refractivity contribution in [2.24, 2.45) is 0 Å². The van der Waals surface area contributed by atoms with E-state index in [0.29, 0.717) is 12.1 Å². The Morgan fingerprint density at radius 3 is 3.06 bits per heavy atom. The number of hydrogen-bond donors (Lipinski definition) is 2. The van der Waals surface area contributed by atoms with Crippen LogP contribution in [0.2, 0.25) is 0 Å². The van der Waals surface area contributed by atoms with Gasteiger partial charge in [-0.15, -0.1) is 0 Å². The van der Waals surface area contributed by atoms with Gasteiger partial charge in [0, 0.05) is 12.1 Å². The summed E-state index contributed by atoms with van der Waals surface area (Å²) in [6.07, 6.45) is 1.80. The average Bonchev–Trinajstić information content (AvgIpc) is 2.55. The van der Waals surface area contributed by atoms with Gasteiger partial charge in [0.2, 0.25) is 0 Å². The van der Waals surface area contributed by atoms with Crippen LogP contribution in [-0.4, -0.2) is 24.2 Å². The molecule has 0 aromatic heterocycles. The molecule has 1 aromatic rings. The number of esters is 1. The molecular formula is C12H13NO3. The minimum Gasteiger partial charge on any atom is -0.507 e. The molecule has 0 saturated carbocycles. The fourth-order valence-corrected chi connectivity index (χ4v) is 2.61. The number of ether oxygens (including phenoxy) is 1. The van der Waals surface area contributed by atoms with Crippen LogP contribution in [0.5, 0.6) is 5.75 Å². The molecule has 2 N–H and O–H groups in total. The largest absolute Gasteiger partial charge is 0.507 e. The second-order valence-corrected chi connectivity index (χ2v) is 4.36. The lowest BCUT2D eigenvalue weighted by Gasteiger charge is -2.33. The van der Waals surface area contributed by atoms with Crippen LogP contribution in [0, 0.1) is 0 Å². The molecule has 16 heavy (non-hydrogen) atoms. The number of carbonyl (C=O) groups excluding carboxylic acids is 1. The van der Waals surface area contributed by atoms with Gasteiger partial charge < -0.3 is 15.2 Å². The number of rotatable bonds is 0. The lowest BCUT2D eigenvalue weighted by molar-refractivity contribution is -0.0203. The molecule has 0 amide bonds. The summed E-state index contributed by atoms with van der Waals surface area (Å²) < 4.78 is 5.48. The molecule has 1 atom stereocenters. The molecule has 1 spiro atoms. The lowest BCUT2D eigenvalue weighted by atomic mass is 9.85. The molecule has 4 nitrogen and oxygen atoms in total. The number of piperidine rings is 1. The Morgan fingerprint density at radius 1 is 1.44 bits per heavy atom. The van der Waals surface area contributed by atoms with Gasteiger partial charge in [0.1, 0.15) is 11.3 Å². The third-order valence-electron chi connectivity index (χ3n) is 3.37. The van der Waals surface area contributed by atoms with Crippen LogP contribution < -0.4 is 5.32 Å².